The standard InChI is InChI=1S/C9H17O4P/c1-7-6-8(2)13-9(7)4-5-14(10,11)12-3/h4-5,7-9H,6H2,1-3H3,(H,10,11)/b5-4+/t7-,8-,9+/m0/s1. The molecule has 1 rings (SSSR count). The quantitative estimate of drug-likeness (QED) is 0.740. The smallest absolute Gasteiger partial charge is 0.351 e. The highest BCUT2D eigenvalue weighted by atomic mass is 31.2. The van der Waals surface area contributed by atoms with Gasteiger partial charge in [0.15, 0.2) is 0 Å². The van der Waals surface area contributed by atoms with E-state index in [4.69, 9.17) is 9.63 Å². The molecule has 1 fully saturated rings. The van der Waals surface area contributed by atoms with Crippen molar-refractivity contribution in [3.63, 3.8) is 0 Å². The summed E-state index contributed by atoms with van der Waals surface area (Å²) in [7, 11) is -2.32. The fourth-order valence-electron chi connectivity index (χ4n) is 1.61. The van der Waals surface area contributed by atoms with Gasteiger partial charge in [0, 0.05) is 12.9 Å². The van der Waals surface area contributed by atoms with Crippen molar-refractivity contribution in [2.75, 3.05) is 7.11 Å². The lowest BCUT2D eigenvalue weighted by atomic mass is 10.0. The van der Waals surface area contributed by atoms with E-state index in [1.165, 1.54) is 12.9 Å². The summed E-state index contributed by atoms with van der Waals surface area (Å²) in [6, 6.07) is 0. The van der Waals surface area contributed by atoms with E-state index in [0.29, 0.717) is 5.92 Å². The minimum Gasteiger partial charge on any atom is -0.371 e. The Bertz CT molecular complexity index is 264. The fraction of sp³-hybridized carbons (Fsp3) is 0.778. The molecule has 0 amide bonds. The van der Waals surface area contributed by atoms with Gasteiger partial charge in [-0.25, -0.2) is 0 Å². The maximum atomic E-state index is 11.1. The molecule has 4 nitrogen and oxygen atoms in total. The van der Waals surface area contributed by atoms with Gasteiger partial charge in [-0.05, 0) is 25.3 Å². The van der Waals surface area contributed by atoms with Crippen molar-refractivity contribution in [2.45, 2.75) is 32.5 Å². The Morgan fingerprint density at radius 2 is 2.21 bits per heavy atom. The molecule has 14 heavy (non-hydrogen) atoms. The molecule has 0 aliphatic carbocycles. The van der Waals surface area contributed by atoms with Gasteiger partial charge in [-0.2, -0.15) is 0 Å². The molecule has 0 aromatic heterocycles. The summed E-state index contributed by atoms with van der Waals surface area (Å²) in [5.41, 5.74) is 0. The first-order valence-electron chi connectivity index (χ1n) is 4.67. The molecule has 5 heteroatoms. The van der Waals surface area contributed by atoms with Gasteiger partial charge >= 0.3 is 7.60 Å². The number of hydrogen-bond donors (Lipinski definition) is 1. The van der Waals surface area contributed by atoms with Crippen molar-refractivity contribution >= 4 is 7.60 Å². The normalized spacial score (nSPS) is 37.6. The second kappa shape index (κ2) is 4.58. The number of hydrogen-bond acceptors (Lipinski definition) is 3. The molecule has 0 radical (unpaired) electrons. The monoisotopic (exact) mass is 220 g/mol. The van der Waals surface area contributed by atoms with Crippen LogP contribution in [-0.2, 0) is 13.8 Å². The summed E-state index contributed by atoms with van der Waals surface area (Å²) in [6.45, 7) is 4.06. The van der Waals surface area contributed by atoms with Gasteiger partial charge in [-0.15, -0.1) is 0 Å². The van der Waals surface area contributed by atoms with Crippen molar-refractivity contribution in [1.82, 2.24) is 0 Å². The van der Waals surface area contributed by atoms with Crippen molar-refractivity contribution in [2.24, 2.45) is 5.92 Å². The van der Waals surface area contributed by atoms with E-state index in [2.05, 4.69) is 11.4 Å². The van der Waals surface area contributed by atoms with E-state index in [9.17, 15) is 4.57 Å². The highest BCUT2D eigenvalue weighted by Crippen LogP contribution is 2.43. The molecular weight excluding hydrogens is 203 g/mol. The molecule has 1 N–H and O–H groups in total. The Balaban J connectivity index is 2.56. The second-order valence-corrected chi connectivity index (χ2v) is 5.50. The van der Waals surface area contributed by atoms with Gasteiger partial charge in [-0.3, -0.25) is 4.57 Å². The average molecular weight is 220 g/mol. The van der Waals surface area contributed by atoms with Crippen LogP contribution < -0.4 is 0 Å². The zero-order chi connectivity index (χ0) is 10.8. The second-order valence-electron chi connectivity index (χ2n) is 3.71. The van der Waals surface area contributed by atoms with Crippen molar-refractivity contribution in [1.29, 1.82) is 0 Å². The third-order valence-corrected chi connectivity index (χ3v) is 3.45. The maximum absolute atomic E-state index is 11.1. The molecule has 1 saturated heterocycles. The summed E-state index contributed by atoms with van der Waals surface area (Å²) in [4.78, 5) is 9.13. The molecule has 0 spiro atoms. The zero-order valence-electron chi connectivity index (χ0n) is 8.71. The highest BCUT2D eigenvalue weighted by Gasteiger charge is 2.28. The SMILES string of the molecule is COP(=O)(O)/C=C/[C@H]1O[C@@H](C)C[C@@H]1C. The van der Waals surface area contributed by atoms with Crippen LogP contribution in [0.25, 0.3) is 0 Å². The van der Waals surface area contributed by atoms with Crippen LogP contribution in [0.15, 0.2) is 11.9 Å². The van der Waals surface area contributed by atoms with Crippen molar-refractivity contribution < 1.29 is 18.7 Å². The van der Waals surface area contributed by atoms with Crippen LogP contribution >= 0.6 is 7.60 Å². The van der Waals surface area contributed by atoms with Crippen LogP contribution in [0.5, 0.6) is 0 Å². The molecular formula is C9H17O4P. The van der Waals surface area contributed by atoms with Crippen LogP contribution in [0.3, 0.4) is 0 Å². The first-order valence-corrected chi connectivity index (χ1v) is 6.32. The third kappa shape index (κ3) is 3.21. The van der Waals surface area contributed by atoms with E-state index < -0.39 is 7.60 Å². The Hall–Kier alpha value is -0.150. The van der Waals surface area contributed by atoms with Crippen molar-refractivity contribution in [3.05, 3.63) is 11.9 Å². The molecule has 0 aromatic carbocycles. The molecule has 1 aliphatic rings. The largest absolute Gasteiger partial charge is 0.371 e. The fourth-order valence-corrected chi connectivity index (χ4v) is 2.11. The van der Waals surface area contributed by atoms with Crippen LogP contribution in [-0.4, -0.2) is 24.2 Å². The lowest BCUT2D eigenvalue weighted by Gasteiger charge is -2.10. The summed E-state index contributed by atoms with van der Waals surface area (Å²) in [5.74, 6) is 1.59. The first kappa shape index (κ1) is 11.9. The summed E-state index contributed by atoms with van der Waals surface area (Å²) < 4.78 is 21.1. The molecule has 0 bridgehead atoms. The van der Waals surface area contributed by atoms with Crippen LogP contribution in [0, 0.1) is 5.92 Å². The molecule has 1 heterocycles. The maximum Gasteiger partial charge on any atom is 0.351 e. The topological polar surface area (TPSA) is 55.8 Å². The molecule has 1 unspecified atom stereocenters. The summed E-state index contributed by atoms with van der Waals surface area (Å²) in [6.07, 6.45) is 2.76. The van der Waals surface area contributed by atoms with Gasteiger partial charge in [-0.1, -0.05) is 6.92 Å². The Morgan fingerprint density at radius 3 is 2.64 bits per heavy atom. The van der Waals surface area contributed by atoms with Gasteiger partial charge in [0.25, 0.3) is 0 Å². The Labute approximate surface area is 84.4 Å². The predicted molar refractivity (Wildman–Crippen MR) is 54.1 cm³/mol. The van der Waals surface area contributed by atoms with Gasteiger partial charge in [0.05, 0.1) is 12.2 Å². The molecule has 1 aliphatic heterocycles. The molecule has 0 aromatic rings. The Morgan fingerprint density at radius 1 is 1.57 bits per heavy atom. The summed E-state index contributed by atoms with van der Waals surface area (Å²) >= 11 is 0. The van der Waals surface area contributed by atoms with E-state index in [1.807, 2.05) is 6.92 Å². The van der Waals surface area contributed by atoms with E-state index in [1.54, 1.807) is 6.08 Å². The predicted octanol–water partition coefficient (Wildman–Crippen LogP) is 2.15. The van der Waals surface area contributed by atoms with Gasteiger partial charge in [0.2, 0.25) is 0 Å². The average Bonchev–Trinajstić information content (AvgIpc) is 2.42. The Kier molecular flexibility index (Phi) is 3.90. The first-order chi connectivity index (χ1) is 6.44. The summed E-state index contributed by atoms with van der Waals surface area (Å²) in [5, 5.41) is 0. The van der Waals surface area contributed by atoms with Crippen molar-refractivity contribution in [3.8, 4) is 0 Å². The molecule has 82 valence electrons. The lowest BCUT2D eigenvalue weighted by Crippen LogP contribution is -2.09. The van der Waals surface area contributed by atoms with Crippen LogP contribution in [0.1, 0.15) is 20.3 Å². The molecule has 0 saturated carbocycles. The van der Waals surface area contributed by atoms with Gasteiger partial charge in [0.1, 0.15) is 0 Å². The minimum absolute atomic E-state index is 0.0689. The third-order valence-electron chi connectivity index (χ3n) is 2.38. The van der Waals surface area contributed by atoms with E-state index in [0.717, 1.165) is 6.42 Å². The minimum atomic E-state index is -3.53. The molecule has 4 atom stereocenters. The van der Waals surface area contributed by atoms with E-state index >= 15 is 0 Å². The van der Waals surface area contributed by atoms with Gasteiger partial charge < -0.3 is 14.2 Å². The van der Waals surface area contributed by atoms with Crippen LogP contribution in [0.4, 0.5) is 0 Å². The van der Waals surface area contributed by atoms with Crippen LogP contribution in [0.2, 0.25) is 0 Å². The number of ether oxygens (including phenoxy) is 1. The zero-order valence-corrected chi connectivity index (χ0v) is 9.61. The van der Waals surface area contributed by atoms with E-state index in [-0.39, 0.29) is 12.2 Å². The highest BCUT2D eigenvalue weighted by molar-refractivity contribution is 7.56. The lowest BCUT2D eigenvalue weighted by molar-refractivity contribution is 0.0754. The number of rotatable bonds is 3.